The lowest BCUT2D eigenvalue weighted by Gasteiger charge is -2.18. The molecule has 0 aromatic carbocycles. The van der Waals surface area contributed by atoms with Gasteiger partial charge in [-0.2, -0.15) is 0 Å². The lowest BCUT2D eigenvalue weighted by atomic mass is 10.3. The number of nitrogens with zero attached hydrogens (tertiary/aromatic N) is 3. The summed E-state index contributed by atoms with van der Waals surface area (Å²) in [6.45, 7) is 4.91. The summed E-state index contributed by atoms with van der Waals surface area (Å²) in [5.74, 6) is 0.435. The standard InChI is InChI=1S/C11H19N3O2/c1-4-14-8-6-12-10(11(14)16)13(3)7-5-9(2)15/h6,8-9,15H,4-5,7H2,1-3H3. The Bertz CT molecular complexity index is 387. The molecule has 1 aromatic heterocycles. The molecule has 5 nitrogen and oxygen atoms in total. The van der Waals surface area contributed by atoms with Crippen LogP contribution < -0.4 is 10.5 Å². The molecule has 0 aliphatic carbocycles. The Morgan fingerprint density at radius 3 is 2.88 bits per heavy atom. The minimum Gasteiger partial charge on any atom is -0.393 e. The average Bonchev–Trinajstić information content (AvgIpc) is 2.26. The molecule has 90 valence electrons. The first-order valence-electron chi connectivity index (χ1n) is 5.51. The predicted octanol–water partition coefficient (Wildman–Crippen LogP) is 0.470. The van der Waals surface area contributed by atoms with E-state index < -0.39 is 0 Å². The molecule has 1 unspecified atom stereocenters. The first kappa shape index (κ1) is 12.7. The minimum absolute atomic E-state index is 0.0851. The number of aryl methyl sites for hydroxylation is 1. The normalized spacial score (nSPS) is 12.5. The Labute approximate surface area is 95.4 Å². The fraction of sp³-hybridized carbons (Fsp3) is 0.636. The van der Waals surface area contributed by atoms with E-state index in [0.717, 1.165) is 0 Å². The molecule has 1 atom stereocenters. The number of rotatable bonds is 5. The number of aliphatic hydroxyl groups is 1. The van der Waals surface area contributed by atoms with E-state index in [2.05, 4.69) is 4.98 Å². The molecular formula is C11H19N3O2. The smallest absolute Gasteiger partial charge is 0.293 e. The van der Waals surface area contributed by atoms with Crippen LogP contribution >= 0.6 is 0 Å². The van der Waals surface area contributed by atoms with Crippen molar-refractivity contribution in [3.63, 3.8) is 0 Å². The van der Waals surface area contributed by atoms with Crippen LogP contribution in [0.4, 0.5) is 5.82 Å². The van der Waals surface area contributed by atoms with Gasteiger partial charge in [-0.15, -0.1) is 0 Å². The third-order valence-corrected chi connectivity index (χ3v) is 2.48. The monoisotopic (exact) mass is 225 g/mol. The molecule has 0 bridgehead atoms. The second-order valence-electron chi connectivity index (χ2n) is 3.90. The number of hydrogen-bond donors (Lipinski definition) is 1. The minimum atomic E-state index is -0.362. The van der Waals surface area contributed by atoms with Crippen molar-refractivity contribution >= 4 is 5.82 Å². The summed E-state index contributed by atoms with van der Waals surface area (Å²) < 4.78 is 1.61. The largest absolute Gasteiger partial charge is 0.393 e. The van der Waals surface area contributed by atoms with Gasteiger partial charge in [0, 0.05) is 32.5 Å². The molecule has 1 rings (SSSR count). The van der Waals surface area contributed by atoms with Gasteiger partial charge in [0.05, 0.1) is 6.10 Å². The van der Waals surface area contributed by atoms with E-state index in [1.165, 1.54) is 0 Å². The van der Waals surface area contributed by atoms with Crippen LogP contribution in [0, 0.1) is 0 Å². The SMILES string of the molecule is CCn1ccnc(N(C)CCC(C)O)c1=O. The van der Waals surface area contributed by atoms with Crippen LogP contribution in [0.15, 0.2) is 17.2 Å². The summed E-state index contributed by atoms with van der Waals surface area (Å²) in [4.78, 5) is 17.7. The molecule has 0 saturated heterocycles. The van der Waals surface area contributed by atoms with E-state index in [-0.39, 0.29) is 11.7 Å². The zero-order chi connectivity index (χ0) is 12.1. The van der Waals surface area contributed by atoms with Crippen LogP contribution in [0.5, 0.6) is 0 Å². The van der Waals surface area contributed by atoms with Crippen LogP contribution in [-0.4, -0.2) is 34.4 Å². The van der Waals surface area contributed by atoms with Gasteiger partial charge < -0.3 is 14.6 Å². The van der Waals surface area contributed by atoms with E-state index in [4.69, 9.17) is 0 Å². The summed E-state index contributed by atoms with van der Waals surface area (Å²) >= 11 is 0. The van der Waals surface area contributed by atoms with E-state index >= 15 is 0 Å². The van der Waals surface area contributed by atoms with Crippen molar-refractivity contribution in [1.82, 2.24) is 9.55 Å². The van der Waals surface area contributed by atoms with Crippen molar-refractivity contribution in [2.45, 2.75) is 32.9 Å². The Morgan fingerprint density at radius 1 is 1.62 bits per heavy atom. The fourth-order valence-electron chi connectivity index (χ4n) is 1.43. The lowest BCUT2D eigenvalue weighted by molar-refractivity contribution is 0.186. The second kappa shape index (κ2) is 5.65. The maximum Gasteiger partial charge on any atom is 0.293 e. The van der Waals surface area contributed by atoms with E-state index in [1.807, 2.05) is 14.0 Å². The number of hydrogen-bond acceptors (Lipinski definition) is 4. The van der Waals surface area contributed by atoms with Crippen molar-refractivity contribution in [1.29, 1.82) is 0 Å². The number of aromatic nitrogens is 2. The molecule has 0 radical (unpaired) electrons. The van der Waals surface area contributed by atoms with Gasteiger partial charge in [0.25, 0.3) is 5.56 Å². The number of aliphatic hydroxyl groups excluding tert-OH is 1. The average molecular weight is 225 g/mol. The summed E-state index contributed by atoms with van der Waals surface area (Å²) in [6, 6.07) is 0. The van der Waals surface area contributed by atoms with Crippen LogP contribution in [-0.2, 0) is 6.54 Å². The molecule has 0 saturated carbocycles. The molecular weight excluding hydrogens is 206 g/mol. The molecule has 0 fully saturated rings. The highest BCUT2D eigenvalue weighted by atomic mass is 16.3. The third-order valence-electron chi connectivity index (χ3n) is 2.48. The van der Waals surface area contributed by atoms with Gasteiger partial charge in [-0.3, -0.25) is 4.79 Å². The highest BCUT2D eigenvalue weighted by molar-refractivity contribution is 5.34. The van der Waals surface area contributed by atoms with Gasteiger partial charge in [-0.25, -0.2) is 4.98 Å². The molecule has 1 N–H and O–H groups in total. The molecule has 1 heterocycles. The van der Waals surface area contributed by atoms with Gasteiger partial charge >= 0.3 is 0 Å². The summed E-state index contributed by atoms with van der Waals surface area (Å²) in [5, 5.41) is 9.19. The van der Waals surface area contributed by atoms with E-state index in [1.54, 1.807) is 28.8 Å². The van der Waals surface area contributed by atoms with Crippen LogP contribution in [0.25, 0.3) is 0 Å². The zero-order valence-corrected chi connectivity index (χ0v) is 10.1. The van der Waals surface area contributed by atoms with Gasteiger partial charge in [-0.1, -0.05) is 0 Å². The molecule has 0 aliphatic rings. The van der Waals surface area contributed by atoms with Crippen molar-refractivity contribution in [3.8, 4) is 0 Å². The van der Waals surface area contributed by atoms with Crippen molar-refractivity contribution < 1.29 is 5.11 Å². The van der Waals surface area contributed by atoms with Crippen molar-refractivity contribution in [2.24, 2.45) is 0 Å². The molecule has 5 heteroatoms. The maximum absolute atomic E-state index is 11.9. The van der Waals surface area contributed by atoms with E-state index in [9.17, 15) is 9.90 Å². The third kappa shape index (κ3) is 3.06. The fourth-order valence-corrected chi connectivity index (χ4v) is 1.43. The van der Waals surface area contributed by atoms with Crippen LogP contribution in [0.2, 0.25) is 0 Å². The Hall–Kier alpha value is -1.36. The first-order chi connectivity index (χ1) is 7.56. The quantitative estimate of drug-likeness (QED) is 0.791. The summed E-state index contributed by atoms with van der Waals surface area (Å²) in [5.41, 5.74) is -0.0851. The molecule has 0 spiro atoms. The summed E-state index contributed by atoms with van der Waals surface area (Å²) in [7, 11) is 1.81. The van der Waals surface area contributed by atoms with Crippen molar-refractivity contribution in [3.05, 3.63) is 22.7 Å². The van der Waals surface area contributed by atoms with Crippen LogP contribution in [0.3, 0.4) is 0 Å². The molecule has 0 aliphatic heterocycles. The molecule has 0 amide bonds. The Morgan fingerprint density at radius 2 is 2.31 bits per heavy atom. The Balaban J connectivity index is 2.83. The highest BCUT2D eigenvalue weighted by Crippen LogP contribution is 2.02. The first-order valence-corrected chi connectivity index (χ1v) is 5.51. The van der Waals surface area contributed by atoms with Gasteiger partial charge in [0.1, 0.15) is 0 Å². The van der Waals surface area contributed by atoms with Crippen molar-refractivity contribution in [2.75, 3.05) is 18.5 Å². The summed E-state index contributed by atoms with van der Waals surface area (Å²) in [6.07, 6.45) is 3.56. The maximum atomic E-state index is 11.9. The van der Waals surface area contributed by atoms with E-state index in [0.29, 0.717) is 25.3 Å². The Kier molecular flexibility index (Phi) is 4.49. The molecule has 16 heavy (non-hydrogen) atoms. The van der Waals surface area contributed by atoms with Crippen LogP contribution in [0.1, 0.15) is 20.3 Å². The molecule has 1 aromatic rings. The topological polar surface area (TPSA) is 58.4 Å². The zero-order valence-electron chi connectivity index (χ0n) is 10.1. The van der Waals surface area contributed by atoms with Gasteiger partial charge in [0.2, 0.25) is 0 Å². The predicted molar refractivity (Wildman–Crippen MR) is 63.7 cm³/mol. The second-order valence-corrected chi connectivity index (χ2v) is 3.90. The van der Waals surface area contributed by atoms with Gasteiger partial charge in [-0.05, 0) is 20.3 Å². The highest BCUT2D eigenvalue weighted by Gasteiger charge is 2.09. The van der Waals surface area contributed by atoms with Gasteiger partial charge in [0.15, 0.2) is 5.82 Å². The number of anilines is 1. The lowest BCUT2D eigenvalue weighted by Crippen LogP contribution is -2.31.